The molecule has 168 valence electrons. The zero-order valence-electron chi connectivity index (χ0n) is 19.7. The highest BCUT2D eigenvalue weighted by Gasteiger charge is 2.28. The Balaban J connectivity index is 1.51. The van der Waals surface area contributed by atoms with Crippen molar-refractivity contribution in [3.8, 4) is 0 Å². The molecule has 1 N–H and O–H groups in total. The van der Waals surface area contributed by atoms with Gasteiger partial charge in [0.05, 0.1) is 0 Å². The summed E-state index contributed by atoms with van der Waals surface area (Å²) in [6.07, 6.45) is 1.20. The maximum absolute atomic E-state index is 5.06. The maximum Gasteiger partial charge on any atom is 0.193 e. The SMILES string of the molecule is CCNC(=NCC(C)CN1CCN(CC)CC1)N1CCC(c2ccccc2)C(C)C1. The number of piperazine rings is 1. The van der Waals surface area contributed by atoms with Crippen LogP contribution in [0.5, 0.6) is 0 Å². The highest BCUT2D eigenvalue weighted by atomic mass is 15.3. The molecule has 0 spiro atoms. The van der Waals surface area contributed by atoms with E-state index in [1.165, 1.54) is 44.7 Å². The fourth-order valence-electron chi connectivity index (χ4n) is 4.99. The largest absolute Gasteiger partial charge is 0.357 e. The quantitative estimate of drug-likeness (QED) is 0.549. The van der Waals surface area contributed by atoms with Gasteiger partial charge in [-0.1, -0.05) is 51.1 Å². The molecule has 0 bridgehead atoms. The van der Waals surface area contributed by atoms with Crippen molar-refractivity contribution in [2.24, 2.45) is 16.8 Å². The molecule has 3 rings (SSSR count). The zero-order chi connectivity index (χ0) is 21.3. The second kappa shape index (κ2) is 11.7. The molecule has 0 amide bonds. The Labute approximate surface area is 184 Å². The number of likely N-dealkylation sites (tertiary alicyclic amines) is 1. The number of hydrogen-bond donors (Lipinski definition) is 1. The number of guanidine groups is 1. The summed E-state index contributed by atoms with van der Waals surface area (Å²) >= 11 is 0. The predicted molar refractivity (Wildman–Crippen MR) is 128 cm³/mol. The number of benzene rings is 1. The van der Waals surface area contributed by atoms with Crippen molar-refractivity contribution in [1.29, 1.82) is 0 Å². The number of rotatable bonds is 7. The van der Waals surface area contributed by atoms with Crippen LogP contribution in [0.15, 0.2) is 35.3 Å². The van der Waals surface area contributed by atoms with Crippen LogP contribution in [0.1, 0.15) is 45.6 Å². The molecule has 2 saturated heterocycles. The van der Waals surface area contributed by atoms with Gasteiger partial charge in [0.25, 0.3) is 0 Å². The third kappa shape index (κ3) is 6.45. The Kier molecular flexibility index (Phi) is 9.01. The van der Waals surface area contributed by atoms with E-state index in [1.807, 2.05) is 0 Å². The first-order valence-electron chi connectivity index (χ1n) is 12.1. The first kappa shape index (κ1) is 23.1. The van der Waals surface area contributed by atoms with Gasteiger partial charge in [-0.2, -0.15) is 0 Å². The summed E-state index contributed by atoms with van der Waals surface area (Å²) in [7, 11) is 0. The molecule has 30 heavy (non-hydrogen) atoms. The molecule has 2 aliphatic rings. The van der Waals surface area contributed by atoms with E-state index in [9.17, 15) is 0 Å². The minimum absolute atomic E-state index is 0.589. The van der Waals surface area contributed by atoms with Crippen LogP contribution >= 0.6 is 0 Å². The smallest absolute Gasteiger partial charge is 0.193 e. The Morgan fingerprint density at radius 2 is 1.77 bits per heavy atom. The molecule has 0 radical (unpaired) electrons. The standard InChI is InChI=1S/C25H43N5/c1-5-26-25(27-18-21(3)19-29-16-14-28(6-2)15-17-29)30-13-12-24(22(4)20-30)23-10-8-7-9-11-23/h7-11,21-22,24H,5-6,12-20H2,1-4H3,(H,26,27). The summed E-state index contributed by atoms with van der Waals surface area (Å²) < 4.78 is 0. The average molecular weight is 414 g/mol. The molecule has 0 aromatic heterocycles. The van der Waals surface area contributed by atoms with E-state index in [-0.39, 0.29) is 0 Å². The summed E-state index contributed by atoms with van der Waals surface area (Å²) in [5.41, 5.74) is 1.49. The van der Waals surface area contributed by atoms with Crippen molar-refractivity contribution in [1.82, 2.24) is 20.0 Å². The lowest BCUT2D eigenvalue weighted by Crippen LogP contribution is -2.48. The fraction of sp³-hybridized carbons (Fsp3) is 0.720. The summed E-state index contributed by atoms with van der Waals surface area (Å²) in [4.78, 5) is 12.7. The lowest BCUT2D eigenvalue weighted by Gasteiger charge is -2.39. The fourth-order valence-corrected chi connectivity index (χ4v) is 4.99. The number of likely N-dealkylation sites (N-methyl/N-ethyl adjacent to an activating group) is 1. The van der Waals surface area contributed by atoms with Crippen LogP contribution in [0.4, 0.5) is 0 Å². The number of aliphatic imine (C=N–C) groups is 1. The van der Waals surface area contributed by atoms with Crippen molar-refractivity contribution < 1.29 is 0 Å². The monoisotopic (exact) mass is 413 g/mol. The van der Waals surface area contributed by atoms with Crippen molar-refractivity contribution in [3.63, 3.8) is 0 Å². The zero-order valence-corrected chi connectivity index (χ0v) is 19.7. The van der Waals surface area contributed by atoms with Crippen LogP contribution in [-0.2, 0) is 0 Å². The van der Waals surface area contributed by atoms with Gasteiger partial charge in [0.15, 0.2) is 5.96 Å². The molecule has 0 aliphatic carbocycles. The van der Waals surface area contributed by atoms with Gasteiger partial charge in [0.1, 0.15) is 0 Å². The number of nitrogens with zero attached hydrogens (tertiary/aromatic N) is 4. The predicted octanol–water partition coefficient (Wildman–Crippen LogP) is 3.35. The Morgan fingerprint density at radius 3 is 2.40 bits per heavy atom. The van der Waals surface area contributed by atoms with E-state index < -0.39 is 0 Å². The van der Waals surface area contributed by atoms with Gasteiger partial charge < -0.3 is 20.0 Å². The second-order valence-corrected chi connectivity index (χ2v) is 9.26. The molecule has 2 fully saturated rings. The van der Waals surface area contributed by atoms with E-state index in [0.29, 0.717) is 17.8 Å². The number of hydrogen-bond acceptors (Lipinski definition) is 3. The molecule has 5 heteroatoms. The van der Waals surface area contributed by atoms with Gasteiger partial charge in [0, 0.05) is 58.9 Å². The first-order valence-corrected chi connectivity index (χ1v) is 12.1. The second-order valence-electron chi connectivity index (χ2n) is 9.26. The summed E-state index contributed by atoms with van der Waals surface area (Å²) in [6, 6.07) is 11.0. The normalized spacial score (nSPS) is 25.3. The minimum Gasteiger partial charge on any atom is -0.357 e. The van der Waals surface area contributed by atoms with Crippen LogP contribution in [-0.4, -0.2) is 86.1 Å². The van der Waals surface area contributed by atoms with Gasteiger partial charge >= 0.3 is 0 Å². The van der Waals surface area contributed by atoms with E-state index in [1.54, 1.807) is 0 Å². The minimum atomic E-state index is 0.589. The molecular formula is C25H43N5. The Morgan fingerprint density at radius 1 is 1.07 bits per heavy atom. The van der Waals surface area contributed by atoms with Crippen LogP contribution in [0, 0.1) is 11.8 Å². The Hall–Kier alpha value is -1.59. The summed E-state index contributed by atoms with van der Waals surface area (Å²) in [5.74, 6) is 2.99. The van der Waals surface area contributed by atoms with Crippen LogP contribution < -0.4 is 5.32 Å². The van der Waals surface area contributed by atoms with Crippen molar-refractivity contribution >= 4 is 5.96 Å². The number of nitrogens with one attached hydrogen (secondary N) is 1. The van der Waals surface area contributed by atoms with E-state index in [4.69, 9.17) is 4.99 Å². The van der Waals surface area contributed by atoms with E-state index in [0.717, 1.165) is 38.7 Å². The number of piperidine rings is 1. The van der Waals surface area contributed by atoms with Crippen molar-refractivity contribution in [3.05, 3.63) is 35.9 Å². The highest BCUT2D eigenvalue weighted by Crippen LogP contribution is 2.32. The maximum atomic E-state index is 5.06. The van der Waals surface area contributed by atoms with Crippen molar-refractivity contribution in [2.45, 2.75) is 40.0 Å². The van der Waals surface area contributed by atoms with Gasteiger partial charge in [0.2, 0.25) is 0 Å². The van der Waals surface area contributed by atoms with Crippen LogP contribution in [0.2, 0.25) is 0 Å². The summed E-state index contributed by atoms with van der Waals surface area (Å²) in [6.45, 7) is 20.3. The lowest BCUT2D eigenvalue weighted by molar-refractivity contribution is 0.125. The topological polar surface area (TPSA) is 34.1 Å². The molecule has 5 nitrogen and oxygen atoms in total. The molecule has 2 aliphatic heterocycles. The van der Waals surface area contributed by atoms with Gasteiger partial charge in [-0.15, -0.1) is 0 Å². The van der Waals surface area contributed by atoms with E-state index >= 15 is 0 Å². The highest BCUT2D eigenvalue weighted by molar-refractivity contribution is 5.80. The van der Waals surface area contributed by atoms with Crippen molar-refractivity contribution in [2.75, 3.05) is 65.4 Å². The van der Waals surface area contributed by atoms with E-state index in [2.05, 4.69) is 78.0 Å². The van der Waals surface area contributed by atoms with Gasteiger partial charge in [-0.25, -0.2) is 0 Å². The molecule has 2 heterocycles. The third-order valence-electron chi connectivity index (χ3n) is 6.80. The molecule has 3 atom stereocenters. The third-order valence-corrected chi connectivity index (χ3v) is 6.80. The van der Waals surface area contributed by atoms with Gasteiger partial charge in [-0.05, 0) is 43.2 Å². The first-order chi connectivity index (χ1) is 14.6. The van der Waals surface area contributed by atoms with Gasteiger partial charge in [-0.3, -0.25) is 4.99 Å². The lowest BCUT2D eigenvalue weighted by atomic mass is 9.82. The average Bonchev–Trinajstić information content (AvgIpc) is 2.77. The molecular weight excluding hydrogens is 370 g/mol. The summed E-state index contributed by atoms with van der Waals surface area (Å²) in [5, 5.41) is 3.56. The molecule has 1 aromatic rings. The molecule has 1 aromatic carbocycles. The van der Waals surface area contributed by atoms with Crippen LogP contribution in [0.3, 0.4) is 0 Å². The molecule has 0 saturated carbocycles. The molecule has 3 unspecified atom stereocenters. The Bertz CT molecular complexity index is 638. The van der Waals surface area contributed by atoms with Crippen LogP contribution in [0.25, 0.3) is 0 Å².